The van der Waals surface area contributed by atoms with Gasteiger partial charge in [-0.05, 0) is 39.0 Å². The van der Waals surface area contributed by atoms with Crippen molar-refractivity contribution in [2.24, 2.45) is 0 Å². The zero-order chi connectivity index (χ0) is 12.5. The highest BCUT2D eigenvalue weighted by Gasteiger charge is 2.21. The minimum atomic E-state index is -0.983. The van der Waals surface area contributed by atoms with Crippen LogP contribution in [0.2, 0.25) is 0 Å². The maximum Gasteiger partial charge on any atom is 0.339 e. The molecule has 0 heterocycles. The smallest absolute Gasteiger partial charge is 0.339 e. The van der Waals surface area contributed by atoms with Crippen molar-refractivity contribution in [2.45, 2.75) is 26.2 Å². The summed E-state index contributed by atoms with van der Waals surface area (Å²) in [6.45, 7) is 6.10. The average Bonchev–Trinajstić information content (AvgIpc) is 2.14. The highest BCUT2D eigenvalue weighted by Crippen LogP contribution is 2.34. The van der Waals surface area contributed by atoms with Crippen molar-refractivity contribution in [3.05, 3.63) is 27.7 Å². The third-order valence-electron chi connectivity index (χ3n) is 2.34. The van der Waals surface area contributed by atoms with E-state index in [1.807, 2.05) is 26.8 Å². The van der Waals surface area contributed by atoms with Crippen molar-refractivity contribution in [1.29, 1.82) is 0 Å². The Hall–Kier alpha value is -1.03. The molecule has 0 saturated heterocycles. The Labute approximate surface area is 104 Å². The fourth-order valence-corrected chi connectivity index (χ4v) is 2.01. The lowest BCUT2D eigenvalue weighted by Gasteiger charge is -2.21. The monoisotopic (exact) mass is 286 g/mol. The fraction of sp³-hybridized carbons (Fsp3) is 0.417. The van der Waals surface area contributed by atoms with E-state index in [2.05, 4.69) is 15.9 Å². The molecule has 3 nitrogen and oxygen atoms in total. The summed E-state index contributed by atoms with van der Waals surface area (Å²) in [6.07, 6.45) is 0. The summed E-state index contributed by atoms with van der Waals surface area (Å²) < 4.78 is 5.74. The van der Waals surface area contributed by atoms with Gasteiger partial charge in [-0.1, -0.05) is 20.8 Å². The molecule has 0 bridgehead atoms. The van der Waals surface area contributed by atoms with E-state index < -0.39 is 5.97 Å². The average molecular weight is 287 g/mol. The lowest BCUT2D eigenvalue weighted by molar-refractivity contribution is 0.0693. The first-order chi connectivity index (χ1) is 7.27. The Kier molecular flexibility index (Phi) is 3.63. The maximum atomic E-state index is 11.1. The molecular weight excluding hydrogens is 272 g/mol. The zero-order valence-electron chi connectivity index (χ0n) is 9.80. The zero-order valence-corrected chi connectivity index (χ0v) is 11.4. The second-order valence-corrected chi connectivity index (χ2v) is 5.45. The van der Waals surface area contributed by atoms with Crippen LogP contribution in [0.25, 0.3) is 0 Å². The Balaban J connectivity index is 3.46. The van der Waals surface area contributed by atoms with Crippen LogP contribution >= 0.6 is 15.9 Å². The minimum absolute atomic E-state index is 0.0982. The van der Waals surface area contributed by atoms with Gasteiger partial charge in [-0.25, -0.2) is 4.79 Å². The van der Waals surface area contributed by atoms with Gasteiger partial charge in [0.15, 0.2) is 0 Å². The molecule has 0 saturated carbocycles. The molecule has 0 aromatic heterocycles. The van der Waals surface area contributed by atoms with Gasteiger partial charge in [-0.15, -0.1) is 0 Å². The Morgan fingerprint density at radius 1 is 1.38 bits per heavy atom. The maximum absolute atomic E-state index is 11.1. The summed E-state index contributed by atoms with van der Waals surface area (Å²) in [5.41, 5.74) is 1.04. The Morgan fingerprint density at radius 2 is 1.94 bits per heavy atom. The van der Waals surface area contributed by atoms with Gasteiger partial charge in [0.2, 0.25) is 0 Å². The van der Waals surface area contributed by atoms with E-state index in [0.29, 0.717) is 10.2 Å². The molecule has 1 aromatic carbocycles. The number of aromatic carboxylic acids is 1. The summed E-state index contributed by atoms with van der Waals surface area (Å²) in [7, 11) is 1.46. The van der Waals surface area contributed by atoms with Gasteiger partial charge in [0.1, 0.15) is 11.3 Å². The van der Waals surface area contributed by atoms with Gasteiger partial charge >= 0.3 is 5.97 Å². The van der Waals surface area contributed by atoms with E-state index in [1.54, 1.807) is 6.07 Å². The standard InChI is InChI=1S/C12H15BrO3/c1-12(2,3)7-5-8(11(14)15)10(16-4)9(13)6-7/h5-6H,1-4H3,(H,14,15). The molecule has 1 aromatic rings. The second kappa shape index (κ2) is 4.45. The van der Waals surface area contributed by atoms with Crippen LogP contribution in [0.4, 0.5) is 0 Å². The number of hydrogen-bond donors (Lipinski definition) is 1. The van der Waals surface area contributed by atoms with Crippen LogP contribution in [0.5, 0.6) is 5.75 Å². The number of benzene rings is 1. The number of carboxylic acids is 1. The normalized spacial score (nSPS) is 11.3. The van der Waals surface area contributed by atoms with E-state index in [9.17, 15) is 4.79 Å². The highest BCUT2D eigenvalue weighted by atomic mass is 79.9. The first-order valence-corrected chi connectivity index (χ1v) is 5.68. The Bertz CT molecular complexity index is 419. The third kappa shape index (κ3) is 2.55. The molecule has 0 spiro atoms. The van der Waals surface area contributed by atoms with Crippen LogP contribution in [0.1, 0.15) is 36.7 Å². The molecule has 0 atom stereocenters. The van der Waals surface area contributed by atoms with Gasteiger partial charge in [-0.3, -0.25) is 0 Å². The van der Waals surface area contributed by atoms with Gasteiger partial charge in [0.25, 0.3) is 0 Å². The molecular formula is C12H15BrO3. The van der Waals surface area contributed by atoms with Crippen molar-refractivity contribution >= 4 is 21.9 Å². The predicted octanol–water partition coefficient (Wildman–Crippen LogP) is 3.45. The second-order valence-electron chi connectivity index (χ2n) is 4.59. The number of ether oxygens (including phenoxy) is 1. The number of halogens is 1. The third-order valence-corrected chi connectivity index (χ3v) is 2.93. The molecule has 0 unspecified atom stereocenters. The van der Waals surface area contributed by atoms with Gasteiger partial charge < -0.3 is 9.84 Å². The predicted molar refractivity (Wildman–Crippen MR) is 66.4 cm³/mol. The number of carbonyl (C=O) groups is 1. The van der Waals surface area contributed by atoms with Crippen molar-refractivity contribution in [3.8, 4) is 5.75 Å². The van der Waals surface area contributed by atoms with E-state index in [-0.39, 0.29) is 11.0 Å². The van der Waals surface area contributed by atoms with Gasteiger partial charge in [0.05, 0.1) is 11.6 Å². The van der Waals surface area contributed by atoms with Crippen LogP contribution in [0, 0.1) is 0 Å². The summed E-state index contributed by atoms with van der Waals surface area (Å²) in [6, 6.07) is 3.55. The van der Waals surface area contributed by atoms with Crippen LogP contribution in [-0.4, -0.2) is 18.2 Å². The van der Waals surface area contributed by atoms with Gasteiger partial charge in [0, 0.05) is 0 Å². The first kappa shape index (κ1) is 13.0. The quantitative estimate of drug-likeness (QED) is 0.906. The van der Waals surface area contributed by atoms with E-state index in [0.717, 1.165) is 5.56 Å². The summed E-state index contributed by atoms with van der Waals surface area (Å²) in [5, 5.41) is 9.11. The van der Waals surface area contributed by atoms with Crippen molar-refractivity contribution in [3.63, 3.8) is 0 Å². The lowest BCUT2D eigenvalue weighted by Crippen LogP contribution is -2.13. The lowest BCUT2D eigenvalue weighted by atomic mass is 9.86. The van der Waals surface area contributed by atoms with E-state index >= 15 is 0 Å². The number of carboxylic acid groups (broad SMARTS) is 1. The summed E-state index contributed by atoms with van der Waals surface area (Å²) >= 11 is 3.33. The molecule has 16 heavy (non-hydrogen) atoms. The van der Waals surface area contributed by atoms with Crippen LogP contribution in [0.15, 0.2) is 16.6 Å². The molecule has 1 N–H and O–H groups in total. The largest absolute Gasteiger partial charge is 0.495 e. The molecule has 0 radical (unpaired) electrons. The fourth-order valence-electron chi connectivity index (χ4n) is 1.39. The topological polar surface area (TPSA) is 46.5 Å². The van der Waals surface area contributed by atoms with E-state index in [4.69, 9.17) is 9.84 Å². The van der Waals surface area contributed by atoms with E-state index in [1.165, 1.54) is 7.11 Å². The number of hydrogen-bond acceptors (Lipinski definition) is 2. The van der Waals surface area contributed by atoms with Crippen LogP contribution in [0.3, 0.4) is 0 Å². The minimum Gasteiger partial charge on any atom is -0.495 e. The molecule has 0 aliphatic rings. The molecule has 1 rings (SSSR count). The van der Waals surface area contributed by atoms with Crippen molar-refractivity contribution < 1.29 is 14.6 Å². The summed E-state index contributed by atoms with van der Waals surface area (Å²) in [5.74, 6) is -0.621. The van der Waals surface area contributed by atoms with Crippen LogP contribution in [-0.2, 0) is 5.41 Å². The van der Waals surface area contributed by atoms with Gasteiger partial charge in [-0.2, -0.15) is 0 Å². The van der Waals surface area contributed by atoms with Crippen molar-refractivity contribution in [2.75, 3.05) is 7.11 Å². The van der Waals surface area contributed by atoms with Crippen molar-refractivity contribution in [1.82, 2.24) is 0 Å². The molecule has 4 heteroatoms. The summed E-state index contributed by atoms with van der Waals surface area (Å²) in [4.78, 5) is 11.1. The highest BCUT2D eigenvalue weighted by molar-refractivity contribution is 9.10. The molecule has 88 valence electrons. The number of methoxy groups -OCH3 is 1. The Morgan fingerprint density at radius 3 is 2.31 bits per heavy atom. The first-order valence-electron chi connectivity index (χ1n) is 4.88. The van der Waals surface area contributed by atoms with Crippen LogP contribution < -0.4 is 4.74 Å². The molecule has 0 amide bonds. The molecule has 0 fully saturated rings. The molecule has 0 aliphatic carbocycles. The SMILES string of the molecule is COc1c(Br)cc(C(C)(C)C)cc1C(=O)O. The molecule has 0 aliphatic heterocycles. The number of rotatable bonds is 2.